The van der Waals surface area contributed by atoms with Crippen molar-refractivity contribution in [3.63, 3.8) is 0 Å². The van der Waals surface area contributed by atoms with E-state index in [-0.39, 0.29) is 24.0 Å². The summed E-state index contributed by atoms with van der Waals surface area (Å²) in [5.74, 6) is 0.954. The van der Waals surface area contributed by atoms with E-state index in [1.165, 1.54) is 4.52 Å². The highest BCUT2D eigenvalue weighted by Crippen LogP contribution is 2.17. The Morgan fingerprint density at radius 3 is 2.35 bits per heavy atom. The first-order valence-electron chi connectivity index (χ1n) is 11.7. The van der Waals surface area contributed by atoms with Crippen LogP contribution >= 0.6 is 0 Å². The fraction of sp³-hybridized carbons (Fsp3) is 0.458. The molecule has 180 valence electrons. The molecule has 0 bridgehead atoms. The summed E-state index contributed by atoms with van der Waals surface area (Å²) in [5, 5.41) is 4.48. The normalized spacial score (nSPS) is 14.0. The summed E-state index contributed by atoms with van der Waals surface area (Å²) in [4.78, 5) is 46.0. The molecule has 1 aliphatic rings. The molecule has 1 fully saturated rings. The maximum atomic E-state index is 13.3. The summed E-state index contributed by atoms with van der Waals surface area (Å²) < 4.78 is 8.33. The molecule has 10 nitrogen and oxygen atoms in total. The third-order valence-electron chi connectivity index (χ3n) is 6.22. The van der Waals surface area contributed by atoms with E-state index in [1.807, 2.05) is 48.7 Å². The van der Waals surface area contributed by atoms with Crippen LogP contribution in [0.3, 0.4) is 0 Å². The Hall–Kier alpha value is -3.69. The third-order valence-corrected chi connectivity index (χ3v) is 6.22. The van der Waals surface area contributed by atoms with Crippen LogP contribution in [0.4, 0.5) is 4.79 Å². The van der Waals surface area contributed by atoms with E-state index in [0.29, 0.717) is 62.9 Å². The highest BCUT2D eigenvalue weighted by Gasteiger charge is 2.25. The number of carbonyl (C=O) groups is 2. The summed E-state index contributed by atoms with van der Waals surface area (Å²) in [6.45, 7) is 8.40. The van der Waals surface area contributed by atoms with E-state index in [0.717, 1.165) is 11.3 Å². The van der Waals surface area contributed by atoms with Gasteiger partial charge in [-0.3, -0.25) is 9.59 Å². The molecule has 3 aromatic rings. The van der Waals surface area contributed by atoms with Crippen molar-refractivity contribution in [3.8, 4) is 11.4 Å². The second kappa shape index (κ2) is 10.1. The van der Waals surface area contributed by atoms with Gasteiger partial charge in [-0.2, -0.15) is 9.50 Å². The van der Waals surface area contributed by atoms with Crippen LogP contribution in [0.2, 0.25) is 0 Å². The van der Waals surface area contributed by atoms with Crippen molar-refractivity contribution in [2.45, 2.75) is 40.2 Å². The summed E-state index contributed by atoms with van der Waals surface area (Å²) >= 11 is 0. The van der Waals surface area contributed by atoms with Crippen LogP contribution in [-0.2, 0) is 22.5 Å². The van der Waals surface area contributed by atoms with Crippen LogP contribution in [0.15, 0.2) is 35.1 Å². The molecule has 0 spiro atoms. The van der Waals surface area contributed by atoms with Crippen molar-refractivity contribution >= 4 is 17.8 Å². The zero-order valence-electron chi connectivity index (χ0n) is 19.9. The topological polar surface area (TPSA) is 102 Å². The number of ether oxygens (including phenoxy) is 1. The quantitative estimate of drug-likeness (QED) is 0.552. The number of amides is 2. The maximum Gasteiger partial charge on any atom is 0.409 e. The molecule has 10 heteroatoms. The van der Waals surface area contributed by atoms with Gasteiger partial charge in [-0.05, 0) is 27.2 Å². The van der Waals surface area contributed by atoms with Gasteiger partial charge in [-0.15, -0.1) is 5.10 Å². The molecule has 0 saturated carbocycles. The monoisotopic (exact) mass is 466 g/mol. The molecule has 2 amide bonds. The Morgan fingerprint density at radius 2 is 1.71 bits per heavy atom. The fourth-order valence-corrected chi connectivity index (χ4v) is 4.33. The fourth-order valence-electron chi connectivity index (χ4n) is 4.33. The second-order valence-corrected chi connectivity index (χ2v) is 8.19. The molecule has 0 radical (unpaired) electrons. The van der Waals surface area contributed by atoms with Crippen LogP contribution in [-0.4, -0.2) is 73.8 Å². The lowest BCUT2D eigenvalue weighted by atomic mass is 10.1. The summed E-state index contributed by atoms with van der Waals surface area (Å²) in [7, 11) is 0. The number of fused-ring (bicyclic) bond motifs is 1. The minimum atomic E-state index is -0.346. The van der Waals surface area contributed by atoms with E-state index < -0.39 is 0 Å². The average molecular weight is 467 g/mol. The van der Waals surface area contributed by atoms with E-state index >= 15 is 0 Å². The Bertz CT molecular complexity index is 1240. The number of hydrogen-bond acceptors (Lipinski definition) is 6. The highest BCUT2D eigenvalue weighted by molar-refractivity contribution is 5.77. The lowest BCUT2D eigenvalue weighted by molar-refractivity contribution is -0.132. The van der Waals surface area contributed by atoms with Gasteiger partial charge in [0, 0.05) is 56.0 Å². The van der Waals surface area contributed by atoms with Crippen molar-refractivity contribution < 1.29 is 14.3 Å². The summed E-state index contributed by atoms with van der Waals surface area (Å²) in [5.41, 5.74) is 1.96. The van der Waals surface area contributed by atoms with Crippen LogP contribution in [0.5, 0.6) is 0 Å². The lowest BCUT2D eigenvalue weighted by Crippen LogP contribution is -2.50. The van der Waals surface area contributed by atoms with Gasteiger partial charge in [0.2, 0.25) is 11.7 Å². The van der Waals surface area contributed by atoms with E-state index in [4.69, 9.17) is 4.74 Å². The first-order chi connectivity index (χ1) is 16.4. The molecule has 34 heavy (non-hydrogen) atoms. The van der Waals surface area contributed by atoms with Crippen LogP contribution in [0.1, 0.15) is 31.5 Å². The highest BCUT2D eigenvalue weighted by atomic mass is 16.6. The van der Waals surface area contributed by atoms with Crippen molar-refractivity contribution in [2.24, 2.45) is 0 Å². The first-order valence-corrected chi connectivity index (χ1v) is 11.7. The van der Waals surface area contributed by atoms with Gasteiger partial charge >= 0.3 is 6.09 Å². The molecular formula is C24H30N6O4. The van der Waals surface area contributed by atoms with Crippen LogP contribution in [0.25, 0.3) is 17.2 Å². The molecule has 0 aliphatic carbocycles. The minimum absolute atomic E-state index is 0.0333. The molecule has 1 aromatic carbocycles. The zero-order chi connectivity index (χ0) is 24.2. The van der Waals surface area contributed by atoms with Crippen LogP contribution in [0, 0.1) is 6.92 Å². The zero-order valence-corrected chi connectivity index (χ0v) is 19.9. The first kappa shape index (κ1) is 23.5. The lowest BCUT2D eigenvalue weighted by Gasteiger charge is -2.34. The SMILES string of the molecule is CCOC(=O)N1CCN(C(=O)CCc2c(C)n(CC)c3nc(-c4ccccc4)nn3c2=O)CC1. The predicted molar refractivity (Wildman–Crippen MR) is 127 cm³/mol. The van der Waals surface area contributed by atoms with Gasteiger partial charge in [0.25, 0.3) is 5.56 Å². The number of piperazine rings is 1. The van der Waals surface area contributed by atoms with Crippen molar-refractivity contribution in [1.29, 1.82) is 0 Å². The van der Waals surface area contributed by atoms with Crippen molar-refractivity contribution in [3.05, 3.63) is 51.9 Å². The summed E-state index contributed by atoms with van der Waals surface area (Å²) in [6.07, 6.45) is 0.185. The number of carbonyl (C=O) groups excluding carboxylic acids is 2. The molecule has 0 atom stereocenters. The molecule has 3 heterocycles. The molecule has 0 N–H and O–H groups in total. The second-order valence-electron chi connectivity index (χ2n) is 8.19. The smallest absolute Gasteiger partial charge is 0.409 e. The molecule has 0 unspecified atom stereocenters. The molecule has 4 rings (SSSR count). The number of rotatable bonds is 6. The van der Waals surface area contributed by atoms with Gasteiger partial charge in [-0.25, -0.2) is 4.79 Å². The number of benzene rings is 1. The van der Waals surface area contributed by atoms with Crippen molar-refractivity contribution in [1.82, 2.24) is 29.0 Å². The number of nitrogens with zero attached hydrogens (tertiary/aromatic N) is 6. The minimum Gasteiger partial charge on any atom is -0.450 e. The Kier molecular flexibility index (Phi) is 6.95. The Labute approximate surface area is 197 Å². The molecule has 1 aliphatic heterocycles. The number of aryl methyl sites for hydroxylation is 1. The maximum absolute atomic E-state index is 13.3. The van der Waals surface area contributed by atoms with E-state index in [1.54, 1.807) is 16.7 Å². The van der Waals surface area contributed by atoms with Gasteiger partial charge in [0.1, 0.15) is 0 Å². The molecule has 2 aromatic heterocycles. The van der Waals surface area contributed by atoms with Gasteiger partial charge in [-0.1, -0.05) is 30.3 Å². The van der Waals surface area contributed by atoms with Gasteiger partial charge < -0.3 is 19.1 Å². The number of hydrogen-bond donors (Lipinski definition) is 0. The largest absolute Gasteiger partial charge is 0.450 e. The van der Waals surface area contributed by atoms with Gasteiger partial charge in [0.15, 0.2) is 5.82 Å². The Balaban J connectivity index is 1.52. The molecular weight excluding hydrogens is 436 g/mol. The standard InChI is InChI=1S/C24H30N6O4/c1-4-29-17(3)19(11-12-20(31)27-13-15-28(16-14-27)24(33)34-5-2)22(32)30-23(29)25-21(26-30)18-9-7-6-8-10-18/h6-10H,4-5,11-16H2,1-3H3. The van der Waals surface area contributed by atoms with E-state index in [2.05, 4.69) is 10.1 Å². The predicted octanol–water partition coefficient (Wildman–Crippen LogP) is 2.12. The molecule has 1 saturated heterocycles. The van der Waals surface area contributed by atoms with E-state index in [9.17, 15) is 14.4 Å². The Morgan fingerprint density at radius 1 is 1.03 bits per heavy atom. The van der Waals surface area contributed by atoms with Crippen molar-refractivity contribution in [2.75, 3.05) is 32.8 Å². The third kappa shape index (κ3) is 4.52. The average Bonchev–Trinajstić information content (AvgIpc) is 3.30. The van der Waals surface area contributed by atoms with Gasteiger partial charge in [0.05, 0.1) is 6.61 Å². The number of aromatic nitrogens is 4. The summed E-state index contributed by atoms with van der Waals surface area (Å²) in [6, 6.07) is 9.54. The van der Waals surface area contributed by atoms with Crippen LogP contribution < -0.4 is 5.56 Å².